The number of hydrogen-bond acceptors (Lipinski definition) is 5. The lowest BCUT2D eigenvalue weighted by Gasteiger charge is -2.38. The Morgan fingerprint density at radius 2 is 2.21 bits per heavy atom. The molecule has 2 heterocycles. The standard InChI is InChI=1S/C14H20N2O3/c17-9-14(16-6-1-4-15-5-7-16)10-19-13-8-11(18)2-3-12(13)14/h2-3,8,15,17-18H,1,4-7,9-10H2. The largest absolute Gasteiger partial charge is 0.508 e. The number of benzene rings is 1. The number of phenols is 1. The van der Waals surface area contributed by atoms with Crippen LogP contribution in [0.15, 0.2) is 18.2 Å². The fourth-order valence-electron chi connectivity index (χ4n) is 3.06. The van der Waals surface area contributed by atoms with Crippen molar-refractivity contribution in [2.24, 2.45) is 0 Å². The van der Waals surface area contributed by atoms with Crippen LogP contribution in [0.1, 0.15) is 12.0 Å². The zero-order chi connectivity index (χ0) is 13.3. The number of ether oxygens (including phenoxy) is 1. The molecule has 1 aromatic rings. The number of aliphatic hydroxyl groups is 1. The van der Waals surface area contributed by atoms with Gasteiger partial charge in [-0.05, 0) is 25.1 Å². The van der Waals surface area contributed by atoms with E-state index >= 15 is 0 Å². The molecule has 0 bridgehead atoms. The summed E-state index contributed by atoms with van der Waals surface area (Å²) < 4.78 is 5.70. The number of aliphatic hydroxyl groups excluding tert-OH is 1. The van der Waals surface area contributed by atoms with Crippen molar-refractivity contribution in [2.75, 3.05) is 39.4 Å². The second-order valence-corrected chi connectivity index (χ2v) is 5.25. The quantitative estimate of drug-likeness (QED) is 0.715. The maximum absolute atomic E-state index is 9.97. The Balaban J connectivity index is 1.97. The van der Waals surface area contributed by atoms with Gasteiger partial charge in [0.1, 0.15) is 23.6 Å². The number of phenolic OH excluding ortho intramolecular Hbond substituents is 1. The Morgan fingerprint density at radius 3 is 3.05 bits per heavy atom. The molecule has 5 heteroatoms. The summed E-state index contributed by atoms with van der Waals surface area (Å²) in [7, 11) is 0. The van der Waals surface area contributed by atoms with Crippen LogP contribution < -0.4 is 10.1 Å². The van der Waals surface area contributed by atoms with Gasteiger partial charge in [-0.25, -0.2) is 0 Å². The lowest BCUT2D eigenvalue weighted by molar-refractivity contribution is 0.0148. The molecular formula is C14H20N2O3. The zero-order valence-electron chi connectivity index (χ0n) is 10.9. The van der Waals surface area contributed by atoms with Crippen molar-refractivity contribution in [1.82, 2.24) is 10.2 Å². The smallest absolute Gasteiger partial charge is 0.128 e. The molecule has 2 aliphatic rings. The number of fused-ring (bicyclic) bond motifs is 1. The summed E-state index contributed by atoms with van der Waals surface area (Å²) in [6.45, 7) is 4.25. The molecule has 3 N–H and O–H groups in total. The minimum Gasteiger partial charge on any atom is -0.508 e. The lowest BCUT2D eigenvalue weighted by atomic mass is 9.90. The Hall–Kier alpha value is -1.30. The number of rotatable bonds is 2. The van der Waals surface area contributed by atoms with Crippen molar-refractivity contribution in [3.05, 3.63) is 23.8 Å². The third-order valence-electron chi connectivity index (χ3n) is 4.14. The molecule has 19 heavy (non-hydrogen) atoms. The first-order valence-electron chi connectivity index (χ1n) is 6.79. The number of hydrogen-bond donors (Lipinski definition) is 3. The first-order chi connectivity index (χ1) is 9.26. The monoisotopic (exact) mass is 264 g/mol. The van der Waals surface area contributed by atoms with Crippen molar-refractivity contribution in [3.63, 3.8) is 0 Å². The van der Waals surface area contributed by atoms with Gasteiger partial charge in [-0.1, -0.05) is 0 Å². The van der Waals surface area contributed by atoms with Crippen LogP contribution in [0.5, 0.6) is 11.5 Å². The van der Waals surface area contributed by atoms with Gasteiger partial charge in [0.2, 0.25) is 0 Å². The second-order valence-electron chi connectivity index (χ2n) is 5.25. The van der Waals surface area contributed by atoms with E-state index in [1.54, 1.807) is 12.1 Å². The predicted molar refractivity (Wildman–Crippen MR) is 71.4 cm³/mol. The van der Waals surface area contributed by atoms with Gasteiger partial charge in [0, 0.05) is 31.3 Å². The van der Waals surface area contributed by atoms with E-state index in [-0.39, 0.29) is 12.4 Å². The topological polar surface area (TPSA) is 65.0 Å². The van der Waals surface area contributed by atoms with Crippen LogP contribution >= 0.6 is 0 Å². The summed E-state index contributed by atoms with van der Waals surface area (Å²) in [4.78, 5) is 2.30. The summed E-state index contributed by atoms with van der Waals surface area (Å²) in [5.74, 6) is 0.885. The third-order valence-corrected chi connectivity index (χ3v) is 4.14. The molecule has 0 aromatic heterocycles. The molecular weight excluding hydrogens is 244 g/mol. The predicted octanol–water partition coefficient (Wildman–Crippen LogP) is 0.268. The van der Waals surface area contributed by atoms with E-state index < -0.39 is 5.54 Å². The molecule has 3 rings (SSSR count). The normalized spacial score (nSPS) is 27.6. The van der Waals surface area contributed by atoms with Gasteiger partial charge in [-0.3, -0.25) is 4.90 Å². The molecule has 104 valence electrons. The van der Waals surface area contributed by atoms with Crippen LogP contribution in [0.4, 0.5) is 0 Å². The molecule has 1 aromatic carbocycles. The highest BCUT2D eigenvalue weighted by Gasteiger charge is 2.45. The van der Waals surface area contributed by atoms with E-state index in [0.717, 1.165) is 38.2 Å². The van der Waals surface area contributed by atoms with E-state index in [0.29, 0.717) is 12.4 Å². The number of nitrogens with one attached hydrogen (secondary N) is 1. The highest BCUT2D eigenvalue weighted by atomic mass is 16.5. The number of nitrogens with zero attached hydrogens (tertiary/aromatic N) is 1. The second kappa shape index (κ2) is 5.00. The van der Waals surface area contributed by atoms with Gasteiger partial charge < -0.3 is 20.3 Å². The average Bonchev–Trinajstić information content (AvgIpc) is 2.62. The van der Waals surface area contributed by atoms with Gasteiger partial charge in [-0.2, -0.15) is 0 Å². The van der Waals surface area contributed by atoms with Crippen LogP contribution in [-0.4, -0.2) is 54.5 Å². The minimum absolute atomic E-state index is 0.0325. The maximum atomic E-state index is 9.97. The van der Waals surface area contributed by atoms with E-state index in [1.807, 2.05) is 6.07 Å². The molecule has 1 unspecified atom stereocenters. The summed E-state index contributed by atoms with van der Waals surface area (Å²) in [5, 5.41) is 22.9. The molecule has 5 nitrogen and oxygen atoms in total. The summed E-state index contributed by atoms with van der Waals surface area (Å²) >= 11 is 0. The summed E-state index contributed by atoms with van der Waals surface area (Å²) in [6, 6.07) is 5.16. The van der Waals surface area contributed by atoms with Crippen LogP contribution in [0.2, 0.25) is 0 Å². The minimum atomic E-state index is -0.463. The maximum Gasteiger partial charge on any atom is 0.128 e. The van der Waals surface area contributed by atoms with E-state index in [1.165, 1.54) is 0 Å². The summed E-state index contributed by atoms with van der Waals surface area (Å²) in [6.07, 6.45) is 1.06. The SMILES string of the molecule is OCC1(N2CCCNCC2)COc2cc(O)ccc21. The summed E-state index contributed by atoms with van der Waals surface area (Å²) in [5.41, 5.74) is 0.518. The van der Waals surface area contributed by atoms with Crippen molar-refractivity contribution in [3.8, 4) is 11.5 Å². The highest BCUT2D eigenvalue weighted by molar-refractivity contribution is 5.47. The molecule has 1 atom stereocenters. The molecule has 0 spiro atoms. The van der Waals surface area contributed by atoms with Crippen LogP contribution in [0.25, 0.3) is 0 Å². The first kappa shape index (κ1) is 12.7. The van der Waals surface area contributed by atoms with Gasteiger partial charge >= 0.3 is 0 Å². The molecule has 0 amide bonds. The molecule has 1 saturated heterocycles. The van der Waals surface area contributed by atoms with E-state index in [4.69, 9.17) is 4.74 Å². The Bertz CT molecular complexity index is 458. The van der Waals surface area contributed by atoms with E-state index in [9.17, 15) is 10.2 Å². The fraction of sp³-hybridized carbons (Fsp3) is 0.571. The number of aromatic hydroxyl groups is 1. The first-order valence-corrected chi connectivity index (χ1v) is 6.79. The Kier molecular flexibility index (Phi) is 3.35. The van der Waals surface area contributed by atoms with Gasteiger partial charge in [-0.15, -0.1) is 0 Å². The molecule has 2 aliphatic heterocycles. The van der Waals surface area contributed by atoms with Crippen molar-refractivity contribution in [1.29, 1.82) is 0 Å². The molecule has 0 radical (unpaired) electrons. The van der Waals surface area contributed by atoms with Crippen molar-refractivity contribution < 1.29 is 14.9 Å². The van der Waals surface area contributed by atoms with Gasteiger partial charge in [0.25, 0.3) is 0 Å². The molecule has 0 saturated carbocycles. The van der Waals surface area contributed by atoms with Crippen LogP contribution in [-0.2, 0) is 5.54 Å². The zero-order valence-corrected chi connectivity index (χ0v) is 10.9. The third kappa shape index (κ3) is 2.08. The fourth-order valence-corrected chi connectivity index (χ4v) is 3.06. The van der Waals surface area contributed by atoms with Gasteiger partial charge in [0.15, 0.2) is 0 Å². The van der Waals surface area contributed by atoms with Crippen LogP contribution in [0, 0.1) is 0 Å². The molecule has 1 fully saturated rings. The highest BCUT2D eigenvalue weighted by Crippen LogP contribution is 2.42. The Morgan fingerprint density at radius 1 is 1.32 bits per heavy atom. The average molecular weight is 264 g/mol. The van der Waals surface area contributed by atoms with Crippen molar-refractivity contribution in [2.45, 2.75) is 12.0 Å². The van der Waals surface area contributed by atoms with Crippen LogP contribution in [0.3, 0.4) is 0 Å². The Labute approximate surface area is 112 Å². The van der Waals surface area contributed by atoms with Crippen molar-refractivity contribution >= 4 is 0 Å². The molecule has 0 aliphatic carbocycles. The van der Waals surface area contributed by atoms with Gasteiger partial charge in [0.05, 0.1) is 6.61 Å². The van der Waals surface area contributed by atoms with E-state index in [2.05, 4.69) is 10.2 Å². The lowest BCUT2D eigenvalue weighted by Crippen LogP contribution is -2.51.